The van der Waals surface area contributed by atoms with E-state index in [2.05, 4.69) is 15.4 Å². The van der Waals surface area contributed by atoms with E-state index in [1.165, 1.54) is 0 Å². The highest BCUT2D eigenvalue weighted by molar-refractivity contribution is 6.32. The van der Waals surface area contributed by atoms with E-state index in [-0.39, 0.29) is 5.82 Å². The van der Waals surface area contributed by atoms with Crippen LogP contribution in [0.2, 0.25) is 15.1 Å². The number of amides is 1. The number of nitrogens with zero attached hydrogens (tertiary/aromatic N) is 3. The summed E-state index contributed by atoms with van der Waals surface area (Å²) in [6.45, 7) is 1.83. The third kappa shape index (κ3) is 4.19. The summed E-state index contributed by atoms with van der Waals surface area (Å²) in [6.07, 6.45) is 0. The van der Waals surface area contributed by atoms with Crippen LogP contribution >= 0.6 is 34.8 Å². The van der Waals surface area contributed by atoms with Gasteiger partial charge in [0.1, 0.15) is 0 Å². The molecular formula is C22H15Cl3N4O. The van der Waals surface area contributed by atoms with Gasteiger partial charge in [-0.15, -0.1) is 5.10 Å². The Morgan fingerprint density at radius 2 is 1.53 bits per heavy atom. The van der Waals surface area contributed by atoms with Crippen molar-refractivity contribution >= 4 is 46.4 Å². The van der Waals surface area contributed by atoms with Gasteiger partial charge in [0.15, 0.2) is 5.82 Å². The van der Waals surface area contributed by atoms with E-state index in [1.807, 2.05) is 19.1 Å². The summed E-state index contributed by atoms with van der Waals surface area (Å²) in [6, 6.07) is 19.6. The van der Waals surface area contributed by atoms with E-state index in [9.17, 15) is 4.79 Å². The lowest BCUT2D eigenvalue weighted by atomic mass is 10.2. The van der Waals surface area contributed by atoms with E-state index in [1.54, 1.807) is 59.3 Å². The van der Waals surface area contributed by atoms with Crippen LogP contribution in [0, 0.1) is 6.92 Å². The van der Waals surface area contributed by atoms with Gasteiger partial charge in [0, 0.05) is 26.3 Å². The zero-order chi connectivity index (χ0) is 21.3. The third-order valence-electron chi connectivity index (χ3n) is 4.50. The standard InChI is InChI=1S/C22H15Cl3N4O/c1-13-18(25)3-2-4-19(13)26-22(30)20-27-21(14-5-7-15(23)8-6-14)29(28-20)17-11-9-16(24)10-12-17/h2-12H,1H3,(H,26,30). The Hall–Kier alpha value is -2.86. The summed E-state index contributed by atoms with van der Waals surface area (Å²) in [5, 5.41) is 9.03. The maximum Gasteiger partial charge on any atom is 0.295 e. The highest BCUT2D eigenvalue weighted by atomic mass is 35.5. The summed E-state index contributed by atoms with van der Waals surface area (Å²) in [5.41, 5.74) is 2.85. The van der Waals surface area contributed by atoms with Gasteiger partial charge in [-0.05, 0) is 73.2 Å². The van der Waals surface area contributed by atoms with Crippen molar-refractivity contribution in [3.8, 4) is 17.1 Å². The molecule has 0 bridgehead atoms. The molecule has 150 valence electrons. The molecule has 5 nitrogen and oxygen atoms in total. The Kier molecular flexibility index (Phi) is 5.77. The van der Waals surface area contributed by atoms with Crippen molar-refractivity contribution in [2.24, 2.45) is 0 Å². The van der Waals surface area contributed by atoms with Crippen LogP contribution in [0.3, 0.4) is 0 Å². The minimum Gasteiger partial charge on any atom is -0.319 e. The zero-order valence-electron chi connectivity index (χ0n) is 15.7. The van der Waals surface area contributed by atoms with Crippen LogP contribution in [0.1, 0.15) is 16.2 Å². The Balaban J connectivity index is 1.76. The van der Waals surface area contributed by atoms with Gasteiger partial charge in [-0.25, -0.2) is 9.67 Å². The van der Waals surface area contributed by atoms with E-state index >= 15 is 0 Å². The minimum absolute atomic E-state index is 0.0225. The number of carbonyl (C=O) groups is 1. The number of aromatic nitrogens is 3. The SMILES string of the molecule is Cc1c(Cl)cccc1NC(=O)c1nc(-c2ccc(Cl)cc2)n(-c2ccc(Cl)cc2)n1. The minimum atomic E-state index is -0.441. The molecule has 30 heavy (non-hydrogen) atoms. The van der Waals surface area contributed by atoms with Crippen molar-refractivity contribution in [1.29, 1.82) is 0 Å². The molecule has 1 heterocycles. The van der Waals surface area contributed by atoms with Gasteiger partial charge >= 0.3 is 0 Å². The van der Waals surface area contributed by atoms with Crippen molar-refractivity contribution in [3.63, 3.8) is 0 Å². The Morgan fingerprint density at radius 3 is 2.20 bits per heavy atom. The normalized spacial score (nSPS) is 10.8. The number of hydrogen-bond donors (Lipinski definition) is 1. The summed E-state index contributed by atoms with van der Waals surface area (Å²) >= 11 is 18.2. The fraction of sp³-hybridized carbons (Fsp3) is 0.0455. The molecule has 1 aromatic heterocycles. The summed E-state index contributed by atoms with van der Waals surface area (Å²) in [7, 11) is 0. The molecule has 1 amide bonds. The highest BCUT2D eigenvalue weighted by Gasteiger charge is 2.20. The first kappa shape index (κ1) is 20.4. The molecule has 0 unspecified atom stereocenters. The Bertz CT molecular complexity index is 1160. The predicted molar refractivity (Wildman–Crippen MR) is 121 cm³/mol. The molecule has 0 aliphatic carbocycles. The number of nitrogens with one attached hydrogen (secondary N) is 1. The predicted octanol–water partition coefficient (Wildman–Crippen LogP) is 6.46. The van der Waals surface area contributed by atoms with Crippen LogP contribution in [-0.4, -0.2) is 20.7 Å². The van der Waals surface area contributed by atoms with E-state index in [4.69, 9.17) is 34.8 Å². The largest absolute Gasteiger partial charge is 0.319 e. The molecule has 0 radical (unpaired) electrons. The van der Waals surface area contributed by atoms with Crippen molar-refractivity contribution in [1.82, 2.24) is 14.8 Å². The van der Waals surface area contributed by atoms with Crippen LogP contribution < -0.4 is 5.32 Å². The molecule has 0 saturated carbocycles. The molecule has 4 rings (SSSR count). The smallest absolute Gasteiger partial charge is 0.295 e. The third-order valence-corrected chi connectivity index (χ3v) is 5.41. The van der Waals surface area contributed by atoms with Crippen molar-refractivity contribution < 1.29 is 4.79 Å². The first-order chi connectivity index (χ1) is 14.4. The summed E-state index contributed by atoms with van der Waals surface area (Å²) in [5.74, 6) is 0.0829. The quantitative estimate of drug-likeness (QED) is 0.383. The number of rotatable bonds is 4. The molecule has 4 aromatic rings. The number of carbonyl (C=O) groups excluding carboxylic acids is 1. The molecule has 0 saturated heterocycles. The van der Waals surface area contributed by atoms with Crippen molar-refractivity contribution in [2.75, 3.05) is 5.32 Å². The van der Waals surface area contributed by atoms with Gasteiger partial charge < -0.3 is 5.32 Å². The summed E-state index contributed by atoms with van der Waals surface area (Å²) < 4.78 is 1.60. The fourth-order valence-corrected chi connectivity index (χ4v) is 3.30. The second-order valence-corrected chi connectivity index (χ2v) is 7.80. The monoisotopic (exact) mass is 456 g/mol. The van der Waals surface area contributed by atoms with E-state index in [0.29, 0.717) is 26.6 Å². The molecule has 3 aromatic carbocycles. The first-order valence-electron chi connectivity index (χ1n) is 8.98. The average Bonchev–Trinajstić information content (AvgIpc) is 3.18. The van der Waals surface area contributed by atoms with Crippen LogP contribution in [0.5, 0.6) is 0 Å². The molecule has 1 N–H and O–H groups in total. The molecular weight excluding hydrogens is 443 g/mol. The lowest BCUT2D eigenvalue weighted by molar-refractivity contribution is 0.101. The number of hydrogen-bond acceptors (Lipinski definition) is 3. The van der Waals surface area contributed by atoms with Crippen LogP contribution in [-0.2, 0) is 0 Å². The van der Waals surface area contributed by atoms with Gasteiger partial charge in [-0.2, -0.15) is 0 Å². The van der Waals surface area contributed by atoms with Crippen molar-refractivity contribution in [2.45, 2.75) is 6.92 Å². The van der Waals surface area contributed by atoms with Crippen molar-refractivity contribution in [3.05, 3.63) is 93.2 Å². The first-order valence-corrected chi connectivity index (χ1v) is 10.1. The lowest BCUT2D eigenvalue weighted by Crippen LogP contribution is -2.15. The molecule has 0 fully saturated rings. The average molecular weight is 458 g/mol. The summed E-state index contributed by atoms with van der Waals surface area (Å²) in [4.78, 5) is 17.4. The second-order valence-electron chi connectivity index (χ2n) is 6.52. The maximum absolute atomic E-state index is 12.9. The number of halogens is 3. The van der Waals surface area contributed by atoms with Crippen LogP contribution in [0.25, 0.3) is 17.1 Å². The van der Waals surface area contributed by atoms with Gasteiger partial charge in [-0.1, -0.05) is 40.9 Å². The molecule has 0 spiro atoms. The molecule has 8 heteroatoms. The van der Waals surface area contributed by atoms with E-state index in [0.717, 1.165) is 16.8 Å². The fourth-order valence-electron chi connectivity index (χ4n) is 2.88. The molecule has 0 atom stereocenters. The Labute approximate surface area is 188 Å². The zero-order valence-corrected chi connectivity index (χ0v) is 18.0. The molecule has 0 aliphatic rings. The lowest BCUT2D eigenvalue weighted by Gasteiger charge is -2.07. The second kappa shape index (κ2) is 8.48. The van der Waals surface area contributed by atoms with Crippen LogP contribution in [0.15, 0.2) is 66.7 Å². The van der Waals surface area contributed by atoms with Gasteiger partial charge in [0.25, 0.3) is 5.91 Å². The maximum atomic E-state index is 12.9. The van der Waals surface area contributed by atoms with Gasteiger partial charge in [0.2, 0.25) is 5.82 Å². The molecule has 0 aliphatic heterocycles. The van der Waals surface area contributed by atoms with Gasteiger partial charge in [-0.3, -0.25) is 4.79 Å². The highest BCUT2D eigenvalue weighted by Crippen LogP contribution is 2.26. The van der Waals surface area contributed by atoms with Gasteiger partial charge in [0.05, 0.1) is 5.69 Å². The number of benzene rings is 3. The topological polar surface area (TPSA) is 59.8 Å². The van der Waals surface area contributed by atoms with Crippen LogP contribution in [0.4, 0.5) is 5.69 Å². The van der Waals surface area contributed by atoms with E-state index < -0.39 is 5.91 Å². The number of anilines is 1. The Morgan fingerprint density at radius 1 is 0.900 bits per heavy atom.